The molecule has 0 unspecified atom stereocenters. The Hall–Kier alpha value is -4.78. The molecule has 1 aliphatic rings. The standard InChI is InChI=1S/C31H31N3O4/c1-20-28(30(35)33-24-14-8-10-16-26(24)37-3)23(19-18-22-12-6-5-7-13-22)29(21(2)32-20)31(36)34-25-15-9-11-17-27(25)38-4/h5-19,23,32H,1-4H3,(H,33,35)(H,34,36)/b19-18+. The number of allylic oxidation sites excluding steroid dienone is 3. The maximum absolute atomic E-state index is 13.7. The molecule has 0 aromatic heterocycles. The minimum Gasteiger partial charge on any atom is -0.495 e. The summed E-state index contributed by atoms with van der Waals surface area (Å²) in [5.41, 5.74) is 4.21. The molecular formula is C31H31N3O4. The van der Waals surface area contributed by atoms with Gasteiger partial charge >= 0.3 is 0 Å². The van der Waals surface area contributed by atoms with Crippen LogP contribution in [0.15, 0.2) is 107 Å². The van der Waals surface area contributed by atoms with Crippen molar-refractivity contribution in [3.05, 3.63) is 113 Å². The number of hydrogen-bond acceptors (Lipinski definition) is 5. The molecule has 0 atom stereocenters. The first-order valence-electron chi connectivity index (χ1n) is 12.2. The quantitative estimate of drug-likeness (QED) is 0.359. The fourth-order valence-electron chi connectivity index (χ4n) is 4.49. The number of ether oxygens (including phenoxy) is 2. The molecule has 38 heavy (non-hydrogen) atoms. The highest BCUT2D eigenvalue weighted by Crippen LogP contribution is 2.35. The summed E-state index contributed by atoms with van der Waals surface area (Å²) in [6.07, 6.45) is 3.81. The van der Waals surface area contributed by atoms with Gasteiger partial charge in [-0.05, 0) is 43.7 Å². The molecule has 3 aromatic rings. The van der Waals surface area contributed by atoms with E-state index in [-0.39, 0.29) is 11.8 Å². The maximum Gasteiger partial charge on any atom is 0.254 e. The predicted octanol–water partition coefficient (Wildman–Crippen LogP) is 5.76. The van der Waals surface area contributed by atoms with Gasteiger partial charge in [0.2, 0.25) is 0 Å². The molecule has 0 saturated heterocycles. The number of anilines is 2. The Morgan fingerprint density at radius 2 is 1.16 bits per heavy atom. The molecule has 0 spiro atoms. The van der Waals surface area contributed by atoms with Crippen molar-refractivity contribution in [1.29, 1.82) is 0 Å². The van der Waals surface area contributed by atoms with Crippen molar-refractivity contribution < 1.29 is 19.1 Å². The average Bonchev–Trinajstić information content (AvgIpc) is 2.92. The van der Waals surface area contributed by atoms with Crippen LogP contribution in [0, 0.1) is 5.92 Å². The highest BCUT2D eigenvalue weighted by atomic mass is 16.5. The third kappa shape index (κ3) is 5.78. The highest BCUT2D eigenvalue weighted by molar-refractivity contribution is 6.11. The lowest BCUT2D eigenvalue weighted by Gasteiger charge is -2.29. The molecule has 0 fully saturated rings. The van der Waals surface area contributed by atoms with Gasteiger partial charge in [0.15, 0.2) is 0 Å². The van der Waals surface area contributed by atoms with Gasteiger partial charge in [0, 0.05) is 28.5 Å². The van der Waals surface area contributed by atoms with Gasteiger partial charge in [0.1, 0.15) is 11.5 Å². The summed E-state index contributed by atoms with van der Waals surface area (Å²) in [5.74, 6) is -0.212. The van der Waals surface area contributed by atoms with Crippen LogP contribution in [-0.2, 0) is 9.59 Å². The van der Waals surface area contributed by atoms with E-state index in [0.29, 0.717) is 45.4 Å². The minimum absolute atomic E-state index is 0.336. The Labute approximate surface area is 222 Å². The fourth-order valence-corrected chi connectivity index (χ4v) is 4.49. The summed E-state index contributed by atoms with van der Waals surface area (Å²) in [7, 11) is 3.10. The molecule has 7 nitrogen and oxygen atoms in total. The van der Waals surface area contributed by atoms with E-state index in [9.17, 15) is 9.59 Å². The number of dihydropyridines is 1. The molecular weight excluding hydrogens is 478 g/mol. The third-order valence-electron chi connectivity index (χ3n) is 6.29. The molecule has 1 heterocycles. The van der Waals surface area contributed by atoms with Gasteiger partial charge in [0.05, 0.1) is 25.6 Å². The normalized spacial score (nSPS) is 13.8. The molecule has 3 N–H and O–H groups in total. The molecule has 0 bridgehead atoms. The van der Waals surface area contributed by atoms with E-state index in [1.54, 1.807) is 38.5 Å². The van der Waals surface area contributed by atoms with Gasteiger partial charge in [-0.3, -0.25) is 9.59 Å². The van der Waals surface area contributed by atoms with Crippen LogP contribution in [0.25, 0.3) is 6.08 Å². The van der Waals surface area contributed by atoms with Gasteiger partial charge in [-0.15, -0.1) is 0 Å². The van der Waals surface area contributed by atoms with Crippen molar-refractivity contribution in [3.63, 3.8) is 0 Å². The minimum atomic E-state index is -0.624. The van der Waals surface area contributed by atoms with Crippen LogP contribution < -0.4 is 25.4 Å². The predicted molar refractivity (Wildman–Crippen MR) is 151 cm³/mol. The Balaban J connectivity index is 1.74. The average molecular weight is 510 g/mol. The molecule has 0 radical (unpaired) electrons. The monoisotopic (exact) mass is 509 g/mol. The van der Waals surface area contributed by atoms with E-state index in [2.05, 4.69) is 16.0 Å². The zero-order valence-electron chi connectivity index (χ0n) is 21.9. The summed E-state index contributed by atoms with van der Waals surface area (Å²) < 4.78 is 10.8. The van der Waals surface area contributed by atoms with E-state index in [1.165, 1.54) is 0 Å². The van der Waals surface area contributed by atoms with Crippen LogP contribution in [0.1, 0.15) is 19.4 Å². The number of para-hydroxylation sites is 4. The van der Waals surface area contributed by atoms with Crippen LogP contribution in [0.4, 0.5) is 11.4 Å². The molecule has 3 aromatic carbocycles. The van der Waals surface area contributed by atoms with Crippen molar-refractivity contribution in [2.45, 2.75) is 13.8 Å². The number of hydrogen-bond donors (Lipinski definition) is 3. The molecule has 1 aliphatic heterocycles. The number of nitrogens with one attached hydrogen (secondary N) is 3. The van der Waals surface area contributed by atoms with Crippen LogP contribution in [-0.4, -0.2) is 26.0 Å². The molecule has 2 amide bonds. The van der Waals surface area contributed by atoms with Gasteiger partial charge in [0.25, 0.3) is 11.8 Å². The number of carbonyl (C=O) groups excluding carboxylic acids is 2. The first-order valence-corrected chi connectivity index (χ1v) is 12.2. The van der Waals surface area contributed by atoms with Gasteiger partial charge < -0.3 is 25.4 Å². The van der Waals surface area contributed by atoms with Crippen LogP contribution in [0.2, 0.25) is 0 Å². The van der Waals surface area contributed by atoms with E-state index < -0.39 is 5.92 Å². The topological polar surface area (TPSA) is 88.7 Å². The Bertz CT molecular complexity index is 1340. The van der Waals surface area contributed by atoms with Crippen molar-refractivity contribution in [2.24, 2.45) is 5.92 Å². The molecule has 0 aliphatic carbocycles. The van der Waals surface area contributed by atoms with Gasteiger partial charge in [-0.1, -0.05) is 66.7 Å². The SMILES string of the molecule is COc1ccccc1NC(=O)C1=C(C)NC(C)=C(C(=O)Nc2ccccc2OC)C1/C=C/c1ccccc1. The number of amides is 2. The lowest BCUT2D eigenvalue weighted by molar-refractivity contribution is -0.113. The molecule has 194 valence electrons. The van der Waals surface area contributed by atoms with Crippen LogP contribution in [0.5, 0.6) is 11.5 Å². The molecule has 7 heteroatoms. The Morgan fingerprint density at radius 3 is 1.63 bits per heavy atom. The van der Waals surface area contributed by atoms with Crippen molar-refractivity contribution >= 4 is 29.3 Å². The van der Waals surface area contributed by atoms with Gasteiger partial charge in [-0.2, -0.15) is 0 Å². The van der Waals surface area contributed by atoms with E-state index >= 15 is 0 Å². The van der Waals surface area contributed by atoms with E-state index in [1.807, 2.05) is 80.6 Å². The second-order valence-electron chi connectivity index (χ2n) is 8.76. The fraction of sp³-hybridized carbons (Fsp3) is 0.161. The summed E-state index contributed by atoms with van der Waals surface area (Å²) >= 11 is 0. The summed E-state index contributed by atoms with van der Waals surface area (Å²) in [6.45, 7) is 3.66. The zero-order chi connectivity index (χ0) is 27.1. The first kappa shape index (κ1) is 26.3. The second kappa shape index (κ2) is 12.0. The van der Waals surface area contributed by atoms with Crippen molar-refractivity contribution in [2.75, 3.05) is 24.9 Å². The first-order chi connectivity index (χ1) is 18.4. The third-order valence-corrected chi connectivity index (χ3v) is 6.29. The molecule has 0 saturated carbocycles. The summed E-state index contributed by atoms with van der Waals surface area (Å²) in [4.78, 5) is 27.5. The Morgan fingerprint density at radius 1 is 0.711 bits per heavy atom. The second-order valence-corrected chi connectivity index (χ2v) is 8.76. The summed E-state index contributed by atoms with van der Waals surface area (Å²) in [5, 5.41) is 9.16. The van der Waals surface area contributed by atoms with E-state index in [0.717, 1.165) is 5.56 Å². The lowest BCUT2D eigenvalue weighted by Crippen LogP contribution is -2.35. The van der Waals surface area contributed by atoms with Crippen molar-refractivity contribution in [3.8, 4) is 11.5 Å². The number of rotatable bonds is 8. The van der Waals surface area contributed by atoms with Gasteiger partial charge in [-0.25, -0.2) is 0 Å². The zero-order valence-corrected chi connectivity index (χ0v) is 21.9. The van der Waals surface area contributed by atoms with Crippen LogP contribution >= 0.6 is 0 Å². The Kier molecular flexibility index (Phi) is 8.28. The van der Waals surface area contributed by atoms with Crippen LogP contribution in [0.3, 0.4) is 0 Å². The largest absolute Gasteiger partial charge is 0.495 e. The van der Waals surface area contributed by atoms with Crippen molar-refractivity contribution in [1.82, 2.24) is 5.32 Å². The number of carbonyl (C=O) groups is 2. The number of benzene rings is 3. The maximum atomic E-state index is 13.7. The smallest absolute Gasteiger partial charge is 0.254 e. The molecule has 4 rings (SSSR count). The summed E-state index contributed by atoms with van der Waals surface area (Å²) in [6, 6.07) is 24.2. The highest BCUT2D eigenvalue weighted by Gasteiger charge is 2.34. The van der Waals surface area contributed by atoms with E-state index in [4.69, 9.17) is 9.47 Å². The number of methoxy groups -OCH3 is 2. The lowest BCUT2D eigenvalue weighted by atomic mass is 9.83.